The minimum atomic E-state index is -0.762. The van der Waals surface area contributed by atoms with Crippen molar-refractivity contribution in [2.45, 2.75) is 26.2 Å². The van der Waals surface area contributed by atoms with Crippen LogP contribution in [0.25, 0.3) is 0 Å². The third-order valence-corrected chi connectivity index (χ3v) is 6.11. The predicted octanol–water partition coefficient (Wildman–Crippen LogP) is 3.19. The highest BCUT2D eigenvalue weighted by atomic mass is 16.7. The molecule has 0 fully saturated rings. The van der Waals surface area contributed by atoms with Crippen molar-refractivity contribution in [3.63, 3.8) is 0 Å². The minimum Gasteiger partial charge on any atom is -0.466 e. The molecule has 1 aliphatic carbocycles. The van der Waals surface area contributed by atoms with Crippen molar-refractivity contribution in [2.24, 2.45) is 11.8 Å². The number of carbonyl (C=O) groups excluding carboxylic acids is 2. The Hall–Kier alpha value is -3.42. The molecule has 0 spiro atoms. The van der Waals surface area contributed by atoms with E-state index in [4.69, 9.17) is 28.4 Å². The summed E-state index contributed by atoms with van der Waals surface area (Å²) in [6.07, 6.45) is 0.343. The first-order valence-electron chi connectivity index (χ1n) is 10.8. The van der Waals surface area contributed by atoms with Gasteiger partial charge in [0.2, 0.25) is 13.6 Å². The van der Waals surface area contributed by atoms with Crippen molar-refractivity contribution < 1.29 is 38.0 Å². The highest BCUT2D eigenvalue weighted by molar-refractivity contribution is 5.85. The number of carbonyl (C=O) groups is 2. The first kappa shape index (κ1) is 20.5. The highest BCUT2D eigenvalue weighted by Gasteiger charge is 2.47. The molecule has 0 amide bonds. The van der Waals surface area contributed by atoms with E-state index in [1.165, 1.54) is 0 Å². The maximum Gasteiger partial charge on any atom is 0.310 e. The second-order valence-electron chi connectivity index (χ2n) is 7.84. The Morgan fingerprint density at radius 3 is 2.19 bits per heavy atom. The number of benzene rings is 2. The average molecular weight is 440 g/mol. The lowest BCUT2D eigenvalue weighted by Gasteiger charge is -2.37. The summed E-state index contributed by atoms with van der Waals surface area (Å²) in [6.45, 7) is 4.23. The molecule has 3 aliphatic rings. The maximum atomic E-state index is 13.2. The van der Waals surface area contributed by atoms with Crippen LogP contribution in [0.2, 0.25) is 0 Å². The van der Waals surface area contributed by atoms with E-state index < -0.39 is 29.7 Å². The van der Waals surface area contributed by atoms with Gasteiger partial charge in [0.05, 0.1) is 25.0 Å². The lowest BCUT2D eigenvalue weighted by molar-refractivity contribution is -0.161. The maximum absolute atomic E-state index is 13.2. The Labute approximate surface area is 185 Å². The molecule has 0 N–H and O–H groups in total. The molecule has 2 aliphatic heterocycles. The van der Waals surface area contributed by atoms with E-state index >= 15 is 0 Å². The average Bonchev–Trinajstić information content (AvgIpc) is 3.44. The van der Waals surface area contributed by atoms with Gasteiger partial charge in [-0.3, -0.25) is 9.59 Å². The SMILES string of the molecule is CCOC(=O)[C@H]1[C@H](c2ccc3c(c2)OCO3)c2cc3c(cc2C[C@@H]1C(=O)OCC)OCO3. The molecule has 0 saturated heterocycles. The lowest BCUT2D eigenvalue weighted by atomic mass is 9.66. The van der Waals surface area contributed by atoms with Crippen molar-refractivity contribution >= 4 is 11.9 Å². The van der Waals surface area contributed by atoms with Crippen LogP contribution in [0.3, 0.4) is 0 Å². The molecule has 2 heterocycles. The summed E-state index contributed by atoms with van der Waals surface area (Å²) in [4.78, 5) is 26.2. The number of rotatable bonds is 5. The molecule has 32 heavy (non-hydrogen) atoms. The van der Waals surface area contributed by atoms with Crippen LogP contribution >= 0.6 is 0 Å². The van der Waals surface area contributed by atoms with E-state index in [1.807, 2.05) is 30.3 Å². The van der Waals surface area contributed by atoms with Gasteiger partial charge in [-0.25, -0.2) is 0 Å². The number of ether oxygens (including phenoxy) is 6. The zero-order valence-electron chi connectivity index (χ0n) is 17.9. The van der Waals surface area contributed by atoms with Crippen LogP contribution < -0.4 is 18.9 Å². The van der Waals surface area contributed by atoms with Gasteiger partial charge in [-0.15, -0.1) is 0 Å². The first-order valence-corrected chi connectivity index (χ1v) is 10.8. The van der Waals surface area contributed by atoms with Crippen LogP contribution in [0.1, 0.15) is 36.5 Å². The molecule has 168 valence electrons. The standard InChI is InChI=1S/C24H24O8/c1-3-27-23(25)16-7-14-9-19-20(32-12-31-19)10-15(14)21(22(16)24(26)28-4-2)13-5-6-17-18(8-13)30-11-29-17/h5-6,8-10,16,21-22H,3-4,7,11-12H2,1-2H3/t16-,21+,22+/m0/s1. The summed E-state index contributed by atoms with van der Waals surface area (Å²) >= 11 is 0. The van der Waals surface area contributed by atoms with Crippen LogP contribution in [-0.2, 0) is 25.5 Å². The Kier molecular flexibility index (Phi) is 5.28. The third-order valence-electron chi connectivity index (χ3n) is 6.11. The van der Waals surface area contributed by atoms with Crippen molar-refractivity contribution in [1.82, 2.24) is 0 Å². The second-order valence-corrected chi connectivity index (χ2v) is 7.84. The van der Waals surface area contributed by atoms with Gasteiger partial charge in [-0.2, -0.15) is 0 Å². The van der Waals surface area contributed by atoms with Crippen molar-refractivity contribution in [2.75, 3.05) is 26.8 Å². The van der Waals surface area contributed by atoms with Gasteiger partial charge in [-0.05, 0) is 61.2 Å². The van der Waals surface area contributed by atoms with Crippen molar-refractivity contribution in [3.8, 4) is 23.0 Å². The van der Waals surface area contributed by atoms with E-state index in [-0.39, 0.29) is 26.8 Å². The minimum absolute atomic E-state index is 0.134. The molecule has 3 atom stereocenters. The number of hydrogen-bond donors (Lipinski definition) is 0. The molecule has 2 aromatic rings. The summed E-state index contributed by atoms with van der Waals surface area (Å²) in [5.41, 5.74) is 2.63. The van der Waals surface area contributed by atoms with Crippen LogP contribution in [0.5, 0.6) is 23.0 Å². The van der Waals surface area contributed by atoms with E-state index in [0.717, 1.165) is 16.7 Å². The Morgan fingerprint density at radius 1 is 0.844 bits per heavy atom. The fourth-order valence-corrected chi connectivity index (χ4v) is 4.77. The molecule has 0 bridgehead atoms. The molecule has 5 rings (SSSR count). The van der Waals surface area contributed by atoms with Crippen molar-refractivity contribution in [3.05, 3.63) is 47.0 Å². The second kappa shape index (κ2) is 8.26. The normalized spacial score (nSPS) is 22.2. The van der Waals surface area contributed by atoms with Crippen LogP contribution in [0.15, 0.2) is 30.3 Å². The molecule has 0 aromatic heterocycles. The highest BCUT2D eigenvalue weighted by Crippen LogP contribution is 2.50. The van der Waals surface area contributed by atoms with Crippen molar-refractivity contribution in [1.29, 1.82) is 0 Å². The van der Waals surface area contributed by atoms with Crippen LogP contribution in [0, 0.1) is 11.8 Å². The summed E-state index contributed by atoms with van der Waals surface area (Å²) < 4.78 is 33.0. The molecule has 8 heteroatoms. The van der Waals surface area contributed by atoms with Crippen LogP contribution in [0.4, 0.5) is 0 Å². The van der Waals surface area contributed by atoms with Gasteiger partial charge in [0.25, 0.3) is 0 Å². The summed E-state index contributed by atoms with van der Waals surface area (Å²) in [6, 6.07) is 9.37. The van der Waals surface area contributed by atoms with Crippen LogP contribution in [-0.4, -0.2) is 38.7 Å². The van der Waals surface area contributed by atoms with E-state index in [1.54, 1.807) is 13.8 Å². The number of hydrogen-bond acceptors (Lipinski definition) is 8. The molecule has 8 nitrogen and oxygen atoms in total. The summed E-state index contributed by atoms with van der Waals surface area (Å²) in [7, 11) is 0. The van der Waals surface area contributed by atoms with Gasteiger partial charge >= 0.3 is 11.9 Å². The number of fused-ring (bicyclic) bond motifs is 3. The molecule has 2 aromatic carbocycles. The summed E-state index contributed by atoms with van der Waals surface area (Å²) in [5, 5.41) is 0. The quantitative estimate of drug-likeness (QED) is 0.655. The van der Waals surface area contributed by atoms with Gasteiger partial charge in [0.1, 0.15) is 0 Å². The zero-order chi connectivity index (χ0) is 22.2. The van der Waals surface area contributed by atoms with E-state index in [0.29, 0.717) is 29.4 Å². The smallest absolute Gasteiger partial charge is 0.310 e. The Bertz CT molecular complexity index is 1060. The Morgan fingerprint density at radius 2 is 1.47 bits per heavy atom. The summed E-state index contributed by atoms with van der Waals surface area (Å²) in [5.74, 6) is -0.278. The Balaban J connectivity index is 1.68. The third kappa shape index (κ3) is 3.39. The molecular formula is C24H24O8. The lowest BCUT2D eigenvalue weighted by Crippen LogP contribution is -2.41. The first-order chi connectivity index (χ1) is 15.6. The fourth-order valence-electron chi connectivity index (χ4n) is 4.77. The van der Waals surface area contributed by atoms with E-state index in [9.17, 15) is 9.59 Å². The molecule has 0 radical (unpaired) electrons. The molecule has 0 unspecified atom stereocenters. The fraction of sp³-hybridized carbons (Fsp3) is 0.417. The number of esters is 2. The largest absolute Gasteiger partial charge is 0.466 e. The van der Waals surface area contributed by atoms with E-state index in [2.05, 4.69) is 0 Å². The van der Waals surface area contributed by atoms with Gasteiger partial charge in [0, 0.05) is 5.92 Å². The van der Waals surface area contributed by atoms with Gasteiger partial charge < -0.3 is 28.4 Å². The monoisotopic (exact) mass is 440 g/mol. The molecule has 0 saturated carbocycles. The predicted molar refractivity (Wildman–Crippen MR) is 111 cm³/mol. The van der Waals surface area contributed by atoms with Gasteiger partial charge in [0.15, 0.2) is 23.0 Å². The zero-order valence-corrected chi connectivity index (χ0v) is 17.9. The van der Waals surface area contributed by atoms with Gasteiger partial charge in [-0.1, -0.05) is 6.07 Å². The topological polar surface area (TPSA) is 89.5 Å². The molecular weight excluding hydrogens is 416 g/mol.